The number of thioether (sulfide) groups is 1. The second-order valence-electron chi connectivity index (χ2n) is 9.41. The van der Waals surface area contributed by atoms with Crippen LogP contribution in [0, 0.1) is 11.3 Å². The number of methoxy groups -OCH3 is 2. The number of amides is 2. The Bertz CT molecular complexity index is 1840. The molecule has 2 aromatic heterocycles. The van der Waals surface area contributed by atoms with E-state index in [4.69, 9.17) is 14.5 Å². The molecule has 202 valence electrons. The fourth-order valence-electron chi connectivity index (χ4n) is 4.99. The monoisotopic (exact) mass is 560 g/mol. The Labute approximate surface area is 240 Å². The second kappa shape index (κ2) is 10.8. The van der Waals surface area contributed by atoms with Crippen molar-refractivity contribution in [3.63, 3.8) is 0 Å². The van der Waals surface area contributed by atoms with Crippen molar-refractivity contribution in [3.05, 3.63) is 90.6 Å². The molecule has 3 heterocycles. The highest BCUT2D eigenvalue weighted by Gasteiger charge is 2.41. The minimum Gasteiger partial charge on any atom is -0.497 e. The number of rotatable bonds is 7. The number of carbonyl (C=O) groups is 2. The summed E-state index contributed by atoms with van der Waals surface area (Å²) in [6.07, 6.45) is 1.80. The lowest BCUT2D eigenvalue weighted by Crippen LogP contribution is -2.31. The summed E-state index contributed by atoms with van der Waals surface area (Å²) in [5.74, 6) is 0.512. The van der Waals surface area contributed by atoms with Crippen molar-refractivity contribution in [3.8, 4) is 40.0 Å². The number of fused-ring (bicyclic) bond motifs is 1. The number of pyridine rings is 1. The molecule has 0 aliphatic carbocycles. The van der Waals surface area contributed by atoms with Crippen LogP contribution in [0.2, 0.25) is 0 Å². The van der Waals surface area contributed by atoms with Gasteiger partial charge in [-0.05, 0) is 47.9 Å². The van der Waals surface area contributed by atoms with E-state index in [2.05, 4.69) is 11.1 Å². The van der Waals surface area contributed by atoms with E-state index < -0.39 is 5.25 Å². The number of benzene rings is 3. The Morgan fingerprint density at radius 1 is 0.976 bits per heavy atom. The molecule has 1 fully saturated rings. The summed E-state index contributed by atoms with van der Waals surface area (Å²) in [7, 11) is 3.14. The normalized spacial score (nSPS) is 14.9. The molecule has 6 rings (SSSR count). The first-order valence-electron chi connectivity index (χ1n) is 12.8. The number of aromatic nitrogens is 2. The zero-order valence-electron chi connectivity index (χ0n) is 22.3. The highest BCUT2D eigenvalue weighted by atomic mass is 32.2. The molecule has 0 bridgehead atoms. The molecule has 0 radical (unpaired) electrons. The summed E-state index contributed by atoms with van der Waals surface area (Å²) in [5.41, 5.74) is 4.33. The van der Waals surface area contributed by atoms with Gasteiger partial charge in [0.15, 0.2) is 0 Å². The predicted molar refractivity (Wildman–Crippen MR) is 158 cm³/mol. The fourth-order valence-corrected chi connectivity index (χ4v) is 6.11. The molecular formula is C32H24N4O4S. The Morgan fingerprint density at radius 3 is 2.56 bits per heavy atom. The molecule has 0 spiro atoms. The summed E-state index contributed by atoms with van der Waals surface area (Å²) in [5, 5.41) is 11.0. The zero-order chi connectivity index (χ0) is 28.5. The van der Waals surface area contributed by atoms with Gasteiger partial charge < -0.3 is 14.5 Å². The largest absolute Gasteiger partial charge is 0.497 e. The van der Waals surface area contributed by atoms with Gasteiger partial charge >= 0.3 is 0 Å². The first-order valence-corrected chi connectivity index (χ1v) is 13.7. The molecule has 1 N–H and O–H groups in total. The fraction of sp³-hybridized carbons (Fsp3) is 0.125. The molecule has 1 saturated heterocycles. The number of hydrogen-bond donors (Lipinski definition) is 1. The van der Waals surface area contributed by atoms with Gasteiger partial charge in [0.1, 0.15) is 22.6 Å². The number of ether oxygens (including phenoxy) is 2. The van der Waals surface area contributed by atoms with Crippen LogP contribution in [0.5, 0.6) is 11.5 Å². The van der Waals surface area contributed by atoms with Gasteiger partial charge in [-0.25, -0.2) is 9.88 Å². The first-order chi connectivity index (χ1) is 20.0. The van der Waals surface area contributed by atoms with Crippen molar-refractivity contribution in [1.29, 1.82) is 5.26 Å². The van der Waals surface area contributed by atoms with Gasteiger partial charge in [0.05, 0.1) is 36.4 Å². The van der Waals surface area contributed by atoms with Crippen LogP contribution in [0.25, 0.3) is 33.3 Å². The van der Waals surface area contributed by atoms with Crippen LogP contribution in [0.3, 0.4) is 0 Å². The standard InChI is InChI=1S/C32H24N4O4S/c1-39-22-10-11-28(40-2)24(15-22)23-16-27(19-6-4-3-5-7-19)35-31(25(23)18-33)41-29-17-30(37)36(32(29)38)21-9-8-20-12-13-34-26(20)14-21/h3-16,29,34H,17H2,1-2H3. The van der Waals surface area contributed by atoms with E-state index >= 15 is 0 Å². The number of H-pyrrole nitrogens is 1. The van der Waals surface area contributed by atoms with Gasteiger partial charge in [0.2, 0.25) is 11.8 Å². The van der Waals surface area contributed by atoms with E-state index in [0.29, 0.717) is 39.0 Å². The van der Waals surface area contributed by atoms with Crippen LogP contribution in [0.4, 0.5) is 5.69 Å². The van der Waals surface area contributed by atoms with Crippen LogP contribution >= 0.6 is 11.8 Å². The third kappa shape index (κ3) is 4.79. The van der Waals surface area contributed by atoms with Gasteiger partial charge in [-0.3, -0.25) is 9.59 Å². The molecule has 1 atom stereocenters. The van der Waals surface area contributed by atoms with E-state index in [0.717, 1.165) is 28.2 Å². The minimum atomic E-state index is -0.743. The van der Waals surface area contributed by atoms with Crippen molar-refractivity contribution in [1.82, 2.24) is 9.97 Å². The molecule has 3 aromatic carbocycles. The van der Waals surface area contributed by atoms with Gasteiger partial charge in [0.25, 0.3) is 0 Å². The predicted octanol–water partition coefficient (Wildman–Crippen LogP) is 6.21. The van der Waals surface area contributed by atoms with Gasteiger partial charge in [-0.2, -0.15) is 5.26 Å². The lowest BCUT2D eigenvalue weighted by molar-refractivity contribution is -0.121. The number of nitriles is 1. The second-order valence-corrected chi connectivity index (χ2v) is 10.6. The van der Waals surface area contributed by atoms with E-state index in [1.807, 2.05) is 54.7 Å². The topological polar surface area (TPSA) is 108 Å². The number of imide groups is 1. The Balaban J connectivity index is 1.44. The van der Waals surface area contributed by atoms with Gasteiger partial charge in [-0.15, -0.1) is 0 Å². The smallest absolute Gasteiger partial charge is 0.247 e. The van der Waals surface area contributed by atoms with Crippen molar-refractivity contribution < 1.29 is 19.1 Å². The summed E-state index contributed by atoms with van der Waals surface area (Å²) >= 11 is 1.13. The average Bonchev–Trinajstić information content (AvgIpc) is 3.59. The van der Waals surface area contributed by atoms with Crippen molar-refractivity contribution in [2.24, 2.45) is 0 Å². The average molecular weight is 561 g/mol. The van der Waals surface area contributed by atoms with Crippen molar-refractivity contribution in [2.75, 3.05) is 19.1 Å². The number of anilines is 1. The Morgan fingerprint density at radius 2 is 1.80 bits per heavy atom. The zero-order valence-corrected chi connectivity index (χ0v) is 23.1. The molecule has 1 aliphatic heterocycles. The number of nitrogens with one attached hydrogen (secondary N) is 1. The number of hydrogen-bond acceptors (Lipinski definition) is 7. The number of aromatic amines is 1. The third-order valence-electron chi connectivity index (χ3n) is 7.02. The highest BCUT2D eigenvalue weighted by Crippen LogP contribution is 2.42. The maximum atomic E-state index is 13.6. The van der Waals surface area contributed by atoms with Crippen molar-refractivity contribution in [2.45, 2.75) is 16.7 Å². The molecule has 1 unspecified atom stereocenters. The molecule has 5 aromatic rings. The molecule has 9 heteroatoms. The molecular weight excluding hydrogens is 536 g/mol. The molecule has 2 amide bonds. The lowest BCUT2D eigenvalue weighted by atomic mass is 9.98. The quantitative estimate of drug-likeness (QED) is 0.236. The van der Waals surface area contributed by atoms with Crippen LogP contribution in [-0.4, -0.2) is 41.3 Å². The summed E-state index contributed by atoms with van der Waals surface area (Å²) in [4.78, 5) is 35.9. The van der Waals surface area contributed by atoms with Crippen LogP contribution in [0.1, 0.15) is 12.0 Å². The first kappa shape index (κ1) is 26.2. The molecule has 41 heavy (non-hydrogen) atoms. The molecule has 1 aliphatic rings. The van der Waals surface area contributed by atoms with E-state index in [1.54, 1.807) is 44.6 Å². The SMILES string of the molecule is COc1ccc(OC)c(-c2cc(-c3ccccc3)nc(SC3CC(=O)N(c4ccc5cc[nH]c5c4)C3=O)c2C#N)c1. The number of carbonyl (C=O) groups excluding carboxylic acids is 2. The molecule has 8 nitrogen and oxygen atoms in total. The minimum absolute atomic E-state index is 0.00775. The summed E-state index contributed by atoms with van der Waals surface area (Å²) in [6.45, 7) is 0. The van der Waals surface area contributed by atoms with E-state index in [-0.39, 0.29) is 23.8 Å². The van der Waals surface area contributed by atoms with Crippen LogP contribution in [0.15, 0.2) is 90.1 Å². The van der Waals surface area contributed by atoms with Crippen molar-refractivity contribution >= 4 is 40.2 Å². The third-order valence-corrected chi connectivity index (χ3v) is 8.19. The Hall–Kier alpha value is -5.07. The highest BCUT2D eigenvalue weighted by molar-refractivity contribution is 8.00. The van der Waals surface area contributed by atoms with Crippen LogP contribution < -0.4 is 14.4 Å². The molecule has 0 saturated carbocycles. The van der Waals surface area contributed by atoms with Gasteiger partial charge in [-0.1, -0.05) is 48.2 Å². The summed E-state index contributed by atoms with van der Waals surface area (Å²) < 4.78 is 11.1. The van der Waals surface area contributed by atoms with Crippen LogP contribution in [-0.2, 0) is 9.59 Å². The van der Waals surface area contributed by atoms with Gasteiger partial charge in [0, 0.05) is 34.8 Å². The van der Waals surface area contributed by atoms with E-state index in [1.165, 1.54) is 4.90 Å². The lowest BCUT2D eigenvalue weighted by Gasteiger charge is -2.17. The summed E-state index contributed by atoms with van der Waals surface area (Å²) in [6, 6.07) is 26.4. The maximum absolute atomic E-state index is 13.6. The van der Waals surface area contributed by atoms with E-state index in [9.17, 15) is 14.9 Å². The number of nitrogens with zero attached hydrogens (tertiary/aromatic N) is 3. The Kier molecular flexibility index (Phi) is 6.91. The maximum Gasteiger partial charge on any atom is 0.247 e.